The van der Waals surface area contributed by atoms with Gasteiger partial charge < -0.3 is 14.2 Å². The van der Waals surface area contributed by atoms with Gasteiger partial charge in [0.2, 0.25) is 0 Å². The van der Waals surface area contributed by atoms with Gasteiger partial charge in [0.1, 0.15) is 13.2 Å². The van der Waals surface area contributed by atoms with Crippen LogP contribution in [0.1, 0.15) is 355 Å². The first-order valence-corrected chi connectivity index (χ1v) is 35.1. The predicted molar refractivity (Wildman–Crippen MR) is 353 cm³/mol. The van der Waals surface area contributed by atoms with Crippen LogP contribution in [0.15, 0.2) is 85.1 Å². The number of unbranched alkanes of at least 4 members (excludes halogenated alkanes) is 39. The summed E-state index contributed by atoms with van der Waals surface area (Å²) in [6.45, 7) is 6.49. The maximum Gasteiger partial charge on any atom is 0.306 e. The Labute approximate surface area is 503 Å². The monoisotopic (exact) mass is 1130 g/mol. The van der Waals surface area contributed by atoms with Crippen LogP contribution in [0.3, 0.4) is 0 Å². The molecule has 0 saturated carbocycles. The molecule has 0 spiro atoms. The molecule has 1 atom stereocenters. The van der Waals surface area contributed by atoms with Gasteiger partial charge in [-0.3, -0.25) is 14.4 Å². The summed E-state index contributed by atoms with van der Waals surface area (Å²) in [5.41, 5.74) is 0. The summed E-state index contributed by atoms with van der Waals surface area (Å²) < 4.78 is 16.9. The highest BCUT2D eigenvalue weighted by atomic mass is 16.6. The summed E-state index contributed by atoms with van der Waals surface area (Å²) >= 11 is 0. The van der Waals surface area contributed by atoms with E-state index in [0.29, 0.717) is 19.3 Å². The first-order valence-electron chi connectivity index (χ1n) is 35.1. The van der Waals surface area contributed by atoms with Gasteiger partial charge in [-0.25, -0.2) is 0 Å². The van der Waals surface area contributed by atoms with Crippen molar-refractivity contribution >= 4 is 17.9 Å². The summed E-state index contributed by atoms with van der Waals surface area (Å²) in [7, 11) is 0. The van der Waals surface area contributed by atoms with E-state index in [1.54, 1.807) is 0 Å². The van der Waals surface area contributed by atoms with Crippen molar-refractivity contribution in [1.29, 1.82) is 0 Å². The number of ether oxygens (including phenoxy) is 3. The van der Waals surface area contributed by atoms with Gasteiger partial charge in [-0.2, -0.15) is 0 Å². The normalized spacial score (nSPS) is 12.6. The maximum absolute atomic E-state index is 12.9. The van der Waals surface area contributed by atoms with E-state index in [1.807, 2.05) is 6.08 Å². The summed E-state index contributed by atoms with van der Waals surface area (Å²) in [5.74, 6) is -0.986. The molecule has 81 heavy (non-hydrogen) atoms. The van der Waals surface area contributed by atoms with Crippen molar-refractivity contribution in [1.82, 2.24) is 0 Å². The zero-order valence-electron chi connectivity index (χ0n) is 53.8. The Hall–Kier alpha value is -3.41. The molecular formula is C75H132O6. The molecule has 0 aromatic carbocycles. The molecule has 0 heterocycles. The van der Waals surface area contributed by atoms with Crippen LogP contribution in [-0.4, -0.2) is 37.2 Å². The van der Waals surface area contributed by atoms with Gasteiger partial charge in [0, 0.05) is 19.3 Å². The molecule has 468 valence electrons. The van der Waals surface area contributed by atoms with Gasteiger partial charge in [0.05, 0.1) is 0 Å². The highest BCUT2D eigenvalue weighted by Crippen LogP contribution is 2.18. The van der Waals surface area contributed by atoms with Gasteiger partial charge in [0.15, 0.2) is 6.10 Å². The molecule has 0 aliphatic rings. The third-order valence-corrected chi connectivity index (χ3v) is 15.4. The van der Waals surface area contributed by atoms with Crippen molar-refractivity contribution < 1.29 is 28.6 Å². The van der Waals surface area contributed by atoms with Crippen molar-refractivity contribution in [2.45, 2.75) is 361 Å². The second-order valence-electron chi connectivity index (χ2n) is 23.4. The molecule has 0 amide bonds. The van der Waals surface area contributed by atoms with Crippen LogP contribution in [-0.2, 0) is 28.6 Å². The van der Waals surface area contributed by atoms with E-state index in [-0.39, 0.29) is 37.5 Å². The average molecular weight is 1130 g/mol. The number of carbonyl (C=O) groups is 3. The molecule has 0 aliphatic carbocycles. The standard InChI is InChI=1S/C75H132O6/c1-4-7-10-13-16-19-22-25-27-29-31-32-33-34-35-36-37-38-39-40-41-42-44-45-47-50-53-56-59-62-65-68-74(77)80-71-72(70-79-73(76)67-64-61-58-55-52-49-24-21-18-15-12-9-6-3)81-75(78)69-66-63-60-57-54-51-48-46-43-30-28-26-23-20-17-14-11-8-5-2/h8,11,17,20-21,24,26,28,43,46,51,54,60,63,72H,4-7,9-10,12-16,18-19,22-23,25,27,29-42,44-45,47-50,52-53,55-59,61-62,64-71H2,1-3H3/b11-8-,20-17-,24-21-,28-26-,46-43-,54-51-,63-60-. The second kappa shape index (κ2) is 69.1. The molecule has 0 aromatic rings. The lowest BCUT2D eigenvalue weighted by atomic mass is 10.0. The van der Waals surface area contributed by atoms with E-state index in [9.17, 15) is 14.4 Å². The Bertz CT molecular complexity index is 1530. The fourth-order valence-electron chi connectivity index (χ4n) is 10.2. The zero-order chi connectivity index (χ0) is 58.5. The molecule has 0 fully saturated rings. The molecule has 0 N–H and O–H groups in total. The topological polar surface area (TPSA) is 78.9 Å². The van der Waals surface area contributed by atoms with Crippen LogP contribution in [0.25, 0.3) is 0 Å². The van der Waals surface area contributed by atoms with Crippen molar-refractivity contribution in [3.8, 4) is 0 Å². The van der Waals surface area contributed by atoms with Gasteiger partial charge in [0.25, 0.3) is 0 Å². The smallest absolute Gasteiger partial charge is 0.306 e. The number of allylic oxidation sites excluding steroid dienone is 14. The number of rotatable bonds is 64. The second-order valence-corrected chi connectivity index (χ2v) is 23.4. The lowest BCUT2D eigenvalue weighted by Crippen LogP contribution is -2.30. The zero-order valence-corrected chi connectivity index (χ0v) is 53.8. The third kappa shape index (κ3) is 67.3. The molecule has 0 aromatic heterocycles. The molecule has 0 radical (unpaired) electrons. The quantitative estimate of drug-likeness (QED) is 0.0261. The summed E-state index contributed by atoms with van der Waals surface area (Å²) in [6, 6.07) is 0. The van der Waals surface area contributed by atoms with Gasteiger partial charge >= 0.3 is 17.9 Å². The number of carbonyl (C=O) groups excluding carboxylic acids is 3. The van der Waals surface area contributed by atoms with Crippen LogP contribution in [0.4, 0.5) is 0 Å². The molecule has 6 heteroatoms. The minimum absolute atomic E-state index is 0.107. The van der Waals surface area contributed by atoms with E-state index in [1.165, 1.54) is 218 Å². The first kappa shape index (κ1) is 77.6. The van der Waals surface area contributed by atoms with E-state index >= 15 is 0 Å². The number of hydrogen-bond donors (Lipinski definition) is 0. The van der Waals surface area contributed by atoms with Crippen molar-refractivity contribution in [3.05, 3.63) is 85.1 Å². The van der Waals surface area contributed by atoms with Gasteiger partial charge in [-0.05, 0) is 83.5 Å². The molecular weight excluding hydrogens is 997 g/mol. The number of hydrogen-bond acceptors (Lipinski definition) is 6. The summed E-state index contributed by atoms with van der Waals surface area (Å²) in [5, 5.41) is 0. The largest absolute Gasteiger partial charge is 0.462 e. The van der Waals surface area contributed by atoms with Crippen molar-refractivity contribution in [2.75, 3.05) is 13.2 Å². The van der Waals surface area contributed by atoms with E-state index < -0.39 is 6.10 Å². The molecule has 0 aliphatic heterocycles. The minimum atomic E-state index is -0.821. The molecule has 0 saturated heterocycles. The van der Waals surface area contributed by atoms with Crippen LogP contribution in [0.5, 0.6) is 0 Å². The summed E-state index contributed by atoms with van der Waals surface area (Å²) in [6.07, 6.45) is 92.2. The van der Waals surface area contributed by atoms with Crippen LogP contribution in [0.2, 0.25) is 0 Å². The fourth-order valence-corrected chi connectivity index (χ4v) is 10.2. The van der Waals surface area contributed by atoms with Gasteiger partial charge in [-0.1, -0.05) is 337 Å². The SMILES string of the molecule is CC/C=C\C/C=C\C/C=C\C/C=C\C/C=C\C/C=C\CCC(=O)OC(COC(=O)CCCCCCC/C=C\CCCCCC)COC(=O)CCCCCCCCCCCCCCCCCCCCCCCCCCCCCCCCC. The molecule has 0 rings (SSSR count). The van der Waals surface area contributed by atoms with Crippen LogP contribution < -0.4 is 0 Å². The van der Waals surface area contributed by atoms with E-state index in [0.717, 1.165) is 89.9 Å². The molecule has 1 unspecified atom stereocenters. The summed E-state index contributed by atoms with van der Waals surface area (Å²) in [4.78, 5) is 38.3. The average Bonchev–Trinajstić information content (AvgIpc) is 3.46. The maximum atomic E-state index is 12.9. The molecule has 0 bridgehead atoms. The van der Waals surface area contributed by atoms with Crippen LogP contribution >= 0.6 is 0 Å². The molecule has 6 nitrogen and oxygen atoms in total. The van der Waals surface area contributed by atoms with Crippen LogP contribution in [0, 0.1) is 0 Å². The first-order chi connectivity index (χ1) is 40.0. The Morgan fingerprint density at radius 3 is 0.815 bits per heavy atom. The Morgan fingerprint density at radius 2 is 0.506 bits per heavy atom. The Kier molecular flexibility index (Phi) is 66.2. The fraction of sp³-hybridized carbons (Fsp3) is 0.773. The Balaban J connectivity index is 4.24. The number of esters is 3. The van der Waals surface area contributed by atoms with E-state index in [2.05, 4.69) is 99.8 Å². The third-order valence-electron chi connectivity index (χ3n) is 15.4. The van der Waals surface area contributed by atoms with Crippen molar-refractivity contribution in [3.63, 3.8) is 0 Å². The minimum Gasteiger partial charge on any atom is -0.462 e. The lowest BCUT2D eigenvalue weighted by Gasteiger charge is -2.18. The highest BCUT2D eigenvalue weighted by molar-refractivity contribution is 5.71. The highest BCUT2D eigenvalue weighted by Gasteiger charge is 2.19. The van der Waals surface area contributed by atoms with E-state index in [4.69, 9.17) is 14.2 Å². The Morgan fingerprint density at radius 1 is 0.259 bits per heavy atom. The van der Waals surface area contributed by atoms with Crippen molar-refractivity contribution in [2.24, 2.45) is 0 Å². The predicted octanol–water partition coefficient (Wildman–Crippen LogP) is 24.2. The van der Waals surface area contributed by atoms with Gasteiger partial charge in [-0.15, -0.1) is 0 Å². The lowest BCUT2D eigenvalue weighted by molar-refractivity contribution is -0.166.